The van der Waals surface area contributed by atoms with Crippen LogP contribution in [0.25, 0.3) is 16.8 Å². The molecule has 176 valence electrons. The molecule has 2 N–H and O–H groups in total. The highest BCUT2D eigenvalue weighted by Crippen LogP contribution is 2.23. The first-order valence-electron chi connectivity index (χ1n) is 11.4. The molecule has 10 heteroatoms. The van der Waals surface area contributed by atoms with E-state index in [-0.39, 0.29) is 12.6 Å². The van der Waals surface area contributed by atoms with Crippen molar-refractivity contribution in [2.75, 3.05) is 18.0 Å². The minimum absolute atomic E-state index is 0.0402. The summed E-state index contributed by atoms with van der Waals surface area (Å²) in [5, 5.41) is 0. The molecular weight excluding hydrogens is 432 g/mol. The molecule has 0 spiro atoms. The number of aromatic nitrogens is 6. The normalized spacial score (nSPS) is 16.2. The highest BCUT2D eigenvalue weighted by atomic mass is 16.2. The fourth-order valence-corrected chi connectivity index (χ4v) is 4.61. The molecule has 0 saturated carbocycles. The van der Waals surface area contributed by atoms with Crippen molar-refractivity contribution in [3.05, 3.63) is 56.6 Å². The molecule has 1 atom stereocenters. The topological polar surface area (TPSA) is 108 Å². The zero-order valence-electron chi connectivity index (χ0n) is 19.7. The van der Waals surface area contributed by atoms with E-state index in [9.17, 15) is 9.59 Å². The summed E-state index contributed by atoms with van der Waals surface area (Å²) in [5.74, 6) is 6.57. The van der Waals surface area contributed by atoms with Gasteiger partial charge in [-0.25, -0.2) is 9.78 Å². The summed E-state index contributed by atoms with van der Waals surface area (Å²) in [4.78, 5) is 38.3. The summed E-state index contributed by atoms with van der Waals surface area (Å²) < 4.78 is 6.35. The van der Waals surface area contributed by atoms with E-state index in [2.05, 4.69) is 21.7 Å². The van der Waals surface area contributed by atoms with E-state index in [4.69, 9.17) is 10.7 Å². The smallest absolute Gasteiger partial charge is 0.332 e. The van der Waals surface area contributed by atoms with E-state index in [1.165, 1.54) is 9.13 Å². The second-order valence-electron chi connectivity index (χ2n) is 8.88. The summed E-state index contributed by atoms with van der Waals surface area (Å²) in [7, 11) is 1.64. The molecule has 4 aromatic rings. The van der Waals surface area contributed by atoms with Crippen LogP contribution in [0.5, 0.6) is 0 Å². The largest absolute Gasteiger partial charge is 0.341 e. The summed E-state index contributed by atoms with van der Waals surface area (Å²) in [6.07, 6.45) is 5.65. The van der Waals surface area contributed by atoms with Gasteiger partial charge in [0, 0.05) is 38.6 Å². The zero-order valence-corrected chi connectivity index (χ0v) is 19.7. The summed E-state index contributed by atoms with van der Waals surface area (Å²) >= 11 is 0. The highest BCUT2D eigenvalue weighted by Gasteiger charge is 2.26. The predicted molar refractivity (Wildman–Crippen MR) is 131 cm³/mol. The molecule has 0 aliphatic carbocycles. The lowest BCUT2D eigenvalue weighted by Crippen LogP contribution is -2.44. The molecule has 1 saturated heterocycles. The maximum Gasteiger partial charge on any atom is 0.332 e. The fraction of sp³-hybridized carbons (Fsp3) is 0.417. The Labute approximate surface area is 196 Å². The Morgan fingerprint density at radius 1 is 1.24 bits per heavy atom. The van der Waals surface area contributed by atoms with Crippen molar-refractivity contribution in [3.63, 3.8) is 0 Å². The van der Waals surface area contributed by atoms with Crippen LogP contribution in [0.15, 0.2) is 34.1 Å². The predicted octanol–water partition coefficient (Wildman–Crippen LogP) is 0.852. The van der Waals surface area contributed by atoms with Gasteiger partial charge in [0.15, 0.2) is 11.2 Å². The number of fused-ring (bicyclic) bond motifs is 2. The number of imidazole rings is 2. The zero-order chi connectivity index (χ0) is 24.0. The maximum absolute atomic E-state index is 13.7. The second-order valence-corrected chi connectivity index (χ2v) is 8.88. The number of anilines is 1. The van der Waals surface area contributed by atoms with Crippen LogP contribution in [0.3, 0.4) is 0 Å². The molecular formula is C24H28N8O2. The van der Waals surface area contributed by atoms with E-state index in [0.29, 0.717) is 35.9 Å². The van der Waals surface area contributed by atoms with Gasteiger partial charge in [-0.05, 0) is 44.4 Å². The van der Waals surface area contributed by atoms with Crippen LogP contribution in [-0.4, -0.2) is 47.2 Å². The third-order valence-electron chi connectivity index (χ3n) is 6.35. The molecule has 0 bridgehead atoms. The lowest BCUT2D eigenvalue weighted by atomic mass is 10.1. The lowest BCUT2D eigenvalue weighted by Gasteiger charge is -2.31. The number of nitrogens with two attached hydrogens (primary N) is 1. The summed E-state index contributed by atoms with van der Waals surface area (Å²) in [6, 6.07) is 3.98. The van der Waals surface area contributed by atoms with Gasteiger partial charge in [0.05, 0.1) is 18.8 Å². The number of hydrogen-bond acceptors (Lipinski definition) is 6. The fourth-order valence-electron chi connectivity index (χ4n) is 4.61. The number of piperidine rings is 1. The molecule has 34 heavy (non-hydrogen) atoms. The Morgan fingerprint density at radius 3 is 2.82 bits per heavy atom. The molecule has 0 amide bonds. The number of hydrogen-bond donors (Lipinski definition) is 1. The van der Waals surface area contributed by atoms with Crippen molar-refractivity contribution in [3.8, 4) is 11.8 Å². The maximum atomic E-state index is 13.7. The van der Waals surface area contributed by atoms with Gasteiger partial charge in [-0.1, -0.05) is 5.92 Å². The van der Waals surface area contributed by atoms with Crippen LogP contribution < -0.4 is 21.9 Å². The molecule has 0 aromatic carbocycles. The van der Waals surface area contributed by atoms with Gasteiger partial charge in [-0.3, -0.25) is 18.5 Å². The standard InChI is InChI=1S/C24H28N8O2/c1-4-5-10-31-20-21(27-23(31)30-9-6-7-17(25)13-30)28(3)24(34)32(22(20)33)15-18-14-29-11-8-16(2)12-19(29)26-18/h8,11-12,14,17H,6-7,9-10,13,15,25H2,1-3H3. The van der Waals surface area contributed by atoms with E-state index >= 15 is 0 Å². The monoisotopic (exact) mass is 460 g/mol. The van der Waals surface area contributed by atoms with E-state index < -0.39 is 11.2 Å². The third kappa shape index (κ3) is 3.68. The van der Waals surface area contributed by atoms with Gasteiger partial charge in [0.2, 0.25) is 5.95 Å². The minimum Gasteiger partial charge on any atom is -0.341 e. The van der Waals surface area contributed by atoms with Crippen molar-refractivity contribution in [2.45, 2.75) is 45.8 Å². The molecule has 1 fully saturated rings. The Bertz CT molecular complexity index is 1580. The quantitative estimate of drug-likeness (QED) is 0.453. The van der Waals surface area contributed by atoms with Gasteiger partial charge in [0.1, 0.15) is 5.65 Å². The van der Waals surface area contributed by atoms with Crippen molar-refractivity contribution >= 4 is 22.8 Å². The van der Waals surface area contributed by atoms with Gasteiger partial charge in [-0.2, -0.15) is 4.98 Å². The first-order chi connectivity index (χ1) is 16.4. The molecule has 5 heterocycles. The molecule has 1 aliphatic rings. The molecule has 1 unspecified atom stereocenters. The average molecular weight is 461 g/mol. The van der Waals surface area contributed by atoms with Crippen molar-refractivity contribution in [2.24, 2.45) is 12.8 Å². The van der Waals surface area contributed by atoms with Gasteiger partial charge >= 0.3 is 5.69 Å². The lowest BCUT2D eigenvalue weighted by molar-refractivity contribution is 0.496. The SMILES string of the molecule is CC#CCn1c(N2CCCC(N)C2)nc2c1c(=O)n(Cc1cn3ccc(C)cc3n1)c(=O)n2C. The van der Waals surface area contributed by atoms with Crippen molar-refractivity contribution < 1.29 is 0 Å². The Morgan fingerprint density at radius 2 is 2.06 bits per heavy atom. The molecule has 10 nitrogen and oxygen atoms in total. The van der Waals surface area contributed by atoms with Crippen LogP contribution in [0.2, 0.25) is 0 Å². The Balaban J connectivity index is 1.67. The number of pyridine rings is 1. The number of rotatable bonds is 4. The molecule has 4 aromatic heterocycles. The molecule has 1 aliphatic heterocycles. The van der Waals surface area contributed by atoms with Crippen LogP contribution in [0.4, 0.5) is 5.95 Å². The Hall–Kier alpha value is -3.84. The van der Waals surface area contributed by atoms with Gasteiger partial charge in [0.25, 0.3) is 5.56 Å². The first kappa shape index (κ1) is 22.0. The molecule has 0 radical (unpaired) electrons. The number of nitrogens with zero attached hydrogens (tertiary/aromatic N) is 7. The van der Waals surface area contributed by atoms with Gasteiger partial charge < -0.3 is 15.0 Å². The van der Waals surface area contributed by atoms with E-state index in [0.717, 1.165) is 30.6 Å². The van der Waals surface area contributed by atoms with Gasteiger partial charge in [-0.15, -0.1) is 5.92 Å². The van der Waals surface area contributed by atoms with E-state index in [1.807, 2.05) is 40.4 Å². The first-order valence-corrected chi connectivity index (χ1v) is 11.4. The average Bonchev–Trinajstić information content (AvgIpc) is 3.40. The van der Waals surface area contributed by atoms with Crippen LogP contribution in [0.1, 0.15) is 31.0 Å². The van der Waals surface area contributed by atoms with Crippen LogP contribution >= 0.6 is 0 Å². The minimum atomic E-state index is -0.432. The Kier molecular flexibility index (Phi) is 5.49. The van der Waals surface area contributed by atoms with E-state index in [1.54, 1.807) is 14.0 Å². The van der Waals surface area contributed by atoms with Crippen LogP contribution in [-0.2, 0) is 20.1 Å². The highest BCUT2D eigenvalue weighted by molar-refractivity contribution is 5.75. The van der Waals surface area contributed by atoms with Crippen LogP contribution in [0, 0.1) is 18.8 Å². The summed E-state index contributed by atoms with van der Waals surface area (Å²) in [6.45, 7) is 5.56. The third-order valence-corrected chi connectivity index (χ3v) is 6.35. The van der Waals surface area contributed by atoms with Crippen molar-refractivity contribution in [1.82, 2.24) is 28.1 Å². The van der Waals surface area contributed by atoms with Crippen molar-refractivity contribution in [1.29, 1.82) is 0 Å². The molecule has 5 rings (SSSR count). The number of aryl methyl sites for hydroxylation is 2. The summed E-state index contributed by atoms with van der Waals surface area (Å²) in [5.41, 5.74) is 8.58. The second kappa shape index (κ2) is 8.50.